The molecule has 4 rings (SSSR count). The lowest BCUT2D eigenvalue weighted by Crippen LogP contribution is -2.53. The highest BCUT2D eigenvalue weighted by molar-refractivity contribution is 5.79. The maximum atomic E-state index is 12.6. The van der Waals surface area contributed by atoms with Gasteiger partial charge < -0.3 is 14.2 Å². The Morgan fingerprint density at radius 1 is 1.32 bits per heavy atom. The van der Waals surface area contributed by atoms with Gasteiger partial charge in [0.1, 0.15) is 12.4 Å². The summed E-state index contributed by atoms with van der Waals surface area (Å²) in [6, 6.07) is 8.04. The Bertz CT molecular complexity index is 816. The van der Waals surface area contributed by atoms with Crippen molar-refractivity contribution in [2.24, 2.45) is 0 Å². The van der Waals surface area contributed by atoms with E-state index in [1.807, 2.05) is 29.2 Å². The lowest BCUT2D eigenvalue weighted by Gasteiger charge is -2.35. The first-order chi connectivity index (χ1) is 12.2. The molecule has 132 valence electrons. The van der Waals surface area contributed by atoms with E-state index in [2.05, 4.69) is 16.5 Å². The van der Waals surface area contributed by atoms with Gasteiger partial charge in [-0.15, -0.1) is 0 Å². The fourth-order valence-electron chi connectivity index (χ4n) is 3.73. The molecule has 7 heteroatoms. The van der Waals surface area contributed by atoms with E-state index in [0.29, 0.717) is 39.2 Å². The molecule has 2 aliphatic rings. The molecule has 2 aliphatic heterocycles. The van der Waals surface area contributed by atoms with Crippen molar-refractivity contribution in [3.05, 3.63) is 30.1 Å². The van der Waals surface area contributed by atoms with Crippen LogP contribution in [0.4, 0.5) is 4.79 Å². The van der Waals surface area contributed by atoms with E-state index in [-0.39, 0.29) is 18.0 Å². The summed E-state index contributed by atoms with van der Waals surface area (Å²) in [5.41, 5.74) is 2.05. The summed E-state index contributed by atoms with van der Waals surface area (Å²) >= 11 is 0. The highest BCUT2D eigenvalue weighted by Gasteiger charge is 2.38. The van der Waals surface area contributed by atoms with Crippen LogP contribution in [-0.4, -0.2) is 63.6 Å². The Morgan fingerprint density at radius 3 is 3.00 bits per heavy atom. The number of benzene rings is 1. The van der Waals surface area contributed by atoms with Crippen molar-refractivity contribution in [3.8, 4) is 0 Å². The monoisotopic (exact) mass is 342 g/mol. The number of hydrogen-bond acceptors (Lipinski definition) is 4. The molecule has 2 saturated heterocycles. The number of amides is 2. The number of piperazine rings is 1. The van der Waals surface area contributed by atoms with Gasteiger partial charge in [0.25, 0.3) is 0 Å². The van der Waals surface area contributed by atoms with Crippen LogP contribution < -0.4 is 0 Å². The van der Waals surface area contributed by atoms with Crippen molar-refractivity contribution < 1.29 is 14.3 Å². The molecule has 0 N–H and O–H groups in total. The normalized spacial score (nSPS) is 20.0. The van der Waals surface area contributed by atoms with Gasteiger partial charge in [-0.2, -0.15) is 0 Å². The van der Waals surface area contributed by atoms with Gasteiger partial charge in [-0.1, -0.05) is 19.1 Å². The molecule has 1 atom stereocenters. The topological polar surface area (TPSA) is 67.7 Å². The number of aromatic nitrogens is 2. The maximum absolute atomic E-state index is 12.6. The minimum atomic E-state index is -0.255. The van der Waals surface area contributed by atoms with E-state index < -0.39 is 0 Å². The van der Waals surface area contributed by atoms with E-state index in [1.54, 1.807) is 4.90 Å². The number of imidazole rings is 1. The molecule has 7 nitrogen and oxygen atoms in total. The van der Waals surface area contributed by atoms with Crippen LogP contribution in [0.1, 0.15) is 19.2 Å². The average Bonchev–Trinajstić information content (AvgIpc) is 3.19. The third-order valence-corrected chi connectivity index (χ3v) is 5.07. The number of ether oxygens (including phenoxy) is 1. The number of carbonyl (C=O) groups is 2. The average molecular weight is 342 g/mol. The van der Waals surface area contributed by atoms with Crippen LogP contribution in [0.2, 0.25) is 0 Å². The molecule has 1 aromatic carbocycles. The lowest BCUT2D eigenvalue weighted by molar-refractivity contribution is -0.133. The molecular formula is C18H22N4O3. The number of fused-ring (bicyclic) bond motifs is 2. The fraction of sp³-hybridized carbons (Fsp3) is 0.500. The summed E-state index contributed by atoms with van der Waals surface area (Å²) in [5.74, 6) is 1.13. The van der Waals surface area contributed by atoms with Crippen molar-refractivity contribution in [3.63, 3.8) is 0 Å². The van der Waals surface area contributed by atoms with Gasteiger partial charge in [0.15, 0.2) is 0 Å². The standard InChI is InChI=1S/C18H22N4O3/c1-2-16-19-14-5-3-4-6-15(14)22(16)8-7-17(23)20-9-10-21-13(11-20)12-25-18(21)24/h3-6,13H,2,7-12H2,1H3. The molecule has 2 amide bonds. The van der Waals surface area contributed by atoms with Crippen LogP contribution in [0.3, 0.4) is 0 Å². The molecule has 0 radical (unpaired) electrons. The Morgan fingerprint density at radius 2 is 2.16 bits per heavy atom. The van der Waals surface area contributed by atoms with E-state index in [0.717, 1.165) is 23.3 Å². The molecular weight excluding hydrogens is 320 g/mol. The molecule has 0 saturated carbocycles. The third kappa shape index (κ3) is 2.83. The summed E-state index contributed by atoms with van der Waals surface area (Å²) in [7, 11) is 0. The van der Waals surface area contributed by atoms with E-state index in [1.165, 1.54) is 0 Å². The van der Waals surface area contributed by atoms with Gasteiger partial charge in [0.2, 0.25) is 5.91 Å². The third-order valence-electron chi connectivity index (χ3n) is 5.07. The Balaban J connectivity index is 1.43. The van der Waals surface area contributed by atoms with Crippen LogP contribution in [0.15, 0.2) is 24.3 Å². The SMILES string of the molecule is CCc1nc2ccccc2n1CCC(=O)N1CCN2C(=O)OCC2C1. The van der Waals surface area contributed by atoms with Crippen LogP contribution >= 0.6 is 0 Å². The second kappa shape index (κ2) is 6.38. The van der Waals surface area contributed by atoms with E-state index >= 15 is 0 Å². The van der Waals surface area contributed by atoms with E-state index in [4.69, 9.17) is 4.74 Å². The molecule has 0 bridgehead atoms. The molecule has 1 aromatic heterocycles. The smallest absolute Gasteiger partial charge is 0.410 e. The molecule has 3 heterocycles. The van der Waals surface area contributed by atoms with Gasteiger partial charge in [-0.3, -0.25) is 9.69 Å². The summed E-state index contributed by atoms with van der Waals surface area (Å²) in [4.78, 5) is 32.4. The zero-order valence-electron chi connectivity index (χ0n) is 14.4. The van der Waals surface area contributed by atoms with Gasteiger partial charge in [0.05, 0.1) is 17.1 Å². The van der Waals surface area contributed by atoms with Gasteiger partial charge in [-0.05, 0) is 12.1 Å². The molecule has 0 aliphatic carbocycles. The fourth-order valence-corrected chi connectivity index (χ4v) is 3.73. The quantitative estimate of drug-likeness (QED) is 0.847. The lowest BCUT2D eigenvalue weighted by atomic mass is 10.2. The Labute approximate surface area is 146 Å². The summed E-state index contributed by atoms with van der Waals surface area (Å²) in [5, 5.41) is 0. The summed E-state index contributed by atoms with van der Waals surface area (Å²) in [6.07, 6.45) is 1.02. The molecule has 2 aromatic rings. The largest absolute Gasteiger partial charge is 0.447 e. The van der Waals surface area contributed by atoms with Crippen LogP contribution in [0.5, 0.6) is 0 Å². The first-order valence-electron chi connectivity index (χ1n) is 8.82. The summed E-state index contributed by atoms with van der Waals surface area (Å²) < 4.78 is 7.21. The first kappa shape index (κ1) is 15.9. The second-order valence-corrected chi connectivity index (χ2v) is 6.54. The molecule has 0 spiro atoms. The number of aryl methyl sites for hydroxylation is 2. The van der Waals surface area contributed by atoms with Crippen molar-refractivity contribution in [1.29, 1.82) is 0 Å². The van der Waals surface area contributed by atoms with Crippen molar-refractivity contribution in [2.75, 3.05) is 26.2 Å². The number of para-hydroxylation sites is 2. The number of nitrogens with zero attached hydrogens (tertiary/aromatic N) is 4. The predicted molar refractivity (Wildman–Crippen MR) is 92.2 cm³/mol. The Hall–Kier alpha value is -2.57. The number of cyclic esters (lactones) is 1. The van der Waals surface area contributed by atoms with Gasteiger partial charge in [-0.25, -0.2) is 9.78 Å². The van der Waals surface area contributed by atoms with E-state index in [9.17, 15) is 9.59 Å². The minimum Gasteiger partial charge on any atom is -0.447 e. The van der Waals surface area contributed by atoms with Gasteiger partial charge >= 0.3 is 6.09 Å². The zero-order chi connectivity index (χ0) is 17.4. The second-order valence-electron chi connectivity index (χ2n) is 6.54. The highest BCUT2D eigenvalue weighted by atomic mass is 16.6. The number of carbonyl (C=O) groups excluding carboxylic acids is 2. The van der Waals surface area contributed by atoms with Crippen molar-refractivity contribution in [1.82, 2.24) is 19.4 Å². The maximum Gasteiger partial charge on any atom is 0.410 e. The summed E-state index contributed by atoms with van der Waals surface area (Å²) in [6.45, 7) is 4.79. The predicted octanol–water partition coefficient (Wildman–Crippen LogP) is 1.65. The van der Waals surface area contributed by atoms with Gasteiger partial charge in [0, 0.05) is 39.0 Å². The Kier molecular flexibility index (Phi) is 4.07. The molecule has 2 fully saturated rings. The number of rotatable bonds is 4. The molecule has 25 heavy (non-hydrogen) atoms. The minimum absolute atomic E-state index is 0.00507. The highest BCUT2D eigenvalue weighted by Crippen LogP contribution is 2.20. The first-order valence-corrected chi connectivity index (χ1v) is 8.82. The van der Waals surface area contributed by atoms with Crippen LogP contribution in [0, 0.1) is 0 Å². The molecule has 1 unspecified atom stereocenters. The number of hydrogen-bond donors (Lipinski definition) is 0. The van der Waals surface area contributed by atoms with Crippen molar-refractivity contribution >= 4 is 23.0 Å². The van der Waals surface area contributed by atoms with Crippen LogP contribution in [-0.2, 0) is 22.5 Å². The van der Waals surface area contributed by atoms with Crippen molar-refractivity contribution in [2.45, 2.75) is 32.4 Å². The zero-order valence-corrected chi connectivity index (χ0v) is 14.4. The van der Waals surface area contributed by atoms with Crippen LogP contribution in [0.25, 0.3) is 11.0 Å².